The van der Waals surface area contributed by atoms with Crippen LogP contribution in [-0.4, -0.2) is 16.5 Å². The number of halogens is 1. The molecular formula is C13H22BrN3. The summed E-state index contributed by atoms with van der Waals surface area (Å²) in [5.74, 6) is 0.962. The summed E-state index contributed by atoms with van der Waals surface area (Å²) in [7, 11) is 0. The highest BCUT2D eigenvalue weighted by molar-refractivity contribution is 9.10. The molecule has 3 nitrogen and oxygen atoms in total. The molecule has 0 atom stereocenters. The van der Waals surface area contributed by atoms with Crippen LogP contribution in [-0.2, 0) is 12.8 Å². The van der Waals surface area contributed by atoms with Crippen molar-refractivity contribution in [2.24, 2.45) is 0 Å². The van der Waals surface area contributed by atoms with Crippen LogP contribution in [0.4, 0.5) is 5.82 Å². The van der Waals surface area contributed by atoms with E-state index in [0.717, 1.165) is 41.2 Å². The fourth-order valence-corrected chi connectivity index (χ4v) is 2.26. The maximum atomic E-state index is 4.64. The molecule has 0 aliphatic carbocycles. The average Bonchev–Trinajstić information content (AvgIpc) is 2.35. The number of anilines is 1. The number of hydrogen-bond donors (Lipinski definition) is 1. The summed E-state index contributed by atoms with van der Waals surface area (Å²) in [4.78, 5) is 9.19. The predicted molar refractivity (Wildman–Crippen MR) is 76.5 cm³/mol. The van der Waals surface area contributed by atoms with Gasteiger partial charge in [-0.1, -0.05) is 33.6 Å². The lowest BCUT2D eigenvalue weighted by molar-refractivity contribution is 0.739. The molecule has 17 heavy (non-hydrogen) atoms. The largest absolute Gasteiger partial charge is 0.369 e. The number of nitrogens with zero attached hydrogens (tertiary/aromatic N) is 2. The molecule has 0 unspecified atom stereocenters. The van der Waals surface area contributed by atoms with Gasteiger partial charge in [0, 0.05) is 6.54 Å². The fraction of sp³-hybridized carbons (Fsp3) is 0.692. The molecule has 1 heterocycles. The zero-order valence-corrected chi connectivity index (χ0v) is 12.6. The Morgan fingerprint density at radius 3 is 2.29 bits per heavy atom. The molecule has 0 aliphatic rings. The van der Waals surface area contributed by atoms with Crippen LogP contribution >= 0.6 is 15.9 Å². The quantitative estimate of drug-likeness (QED) is 0.774. The predicted octanol–water partition coefficient (Wildman–Crippen LogP) is 3.97. The minimum atomic E-state index is 0.885. The topological polar surface area (TPSA) is 37.8 Å². The Kier molecular flexibility index (Phi) is 6.48. The molecule has 4 heteroatoms. The highest BCUT2D eigenvalue weighted by atomic mass is 79.9. The Bertz CT molecular complexity index is 353. The van der Waals surface area contributed by atoms with Crippen molar-refractivity contribution in [1.82, 2.24) is 9.97 Å². The SMILES string of the molecule is CCCCCNc1nc(CC)c(Br)nc1CC. The maximum absolute atomic E-state index is 4.64. The Morgan fingerprint density at radius 1 is 1.00 bits per heavy atom. The van der Waals surface area contributed by atoms with E-state index in [-0.39, 0.29) is 0 Å². The molecule has 1 aromatic rings. The molecule has 0 amide bonds. The molecule has 0 aliphatic heterocycles. The molecule has 0 bridgehead atoms. The number of rotatable bonds is 7. The number of aromatic nitrogens is 2. The summed E-state index contributed by atoms with van der Waals surface area (Å²) >= 11 is 3.47. The number of aryl methyl sites for hydroxylation is 2. The van der Waals surface area contributed by atoms with E-state index >= 15 is 0 Å². The van der Waals surface area contributed by atoms with Crippen LogP contribution in [0.1, 0.15) is 51.4 Å². The third-order valence-electron chi connectivity index (χ3n) is 2.73. The van der Waals surface area contributed by atoms with E-state index in [1.165, 1.54) is 19.3 Å². The van der Waals surface area contributed by atoms with Gasteiger partial charge in [0.2, 0.25) is 0 Å². The van der Waals surface area contributed by atoms with E-state index in [9.17, 15) is 0 Å². The Balaban J connectivity index is 2.74. The van der Waals surface area contributed by atoms with Crippen molar-refractivity contribution in [2.45, 2.75) is 52.9 Å². The Labute approximate surface area is 113 Å². The summed E-state index contributed by atoms with van der Waals surface area (Å²) in [6.45, 7) is 7.41. The van der Waals surface area contributed by atoms with Crippen molar-refractivity contribution in [3.8, 4) is 0 Å². The zero-order chi connectivity index (χ0) is 12.7. The van der Waals surface area contributed by atoms with Crippen LogP contribution in [0.25, 0.3) is 0 Å². The fourth-order valence-electron chi connectivity index (χ4n) is 1.68. The van der Waals surface area contributed by atoms with E-state index in [0.29, 0.717) is 0 Å². The molecule has 1 N–H and O–H groups in total. The van der Waals surface area contributed by atoms with Gasteiger partial charge in [-0.3, -0.25) is 0 Å². The highest BCUT2D eigenvalue weighted by Crippen LogP contribution is 2.19. The first kappa shape index (κ1) is 14.4. The molecule has 0 aromatic carbocycles. The van der Waals surface area contributed by atoms with Crippen molar-refractivity contribution in [3.63, 3.8) is 0 Å². The molecule has 0 saturated carbocycles. The van der Waals surface area contributed by atoms with E-state index in [4.69, 9.17) is 0 Å². The van der Waals surface area contributed by atoms with Crippen LogP contribution in [0.5, 0.6) is 0 Å². The Hall–Kier alpha value is -0.640. The van der Waals surface area contributed by atoms with Crippen molar-refractivity contribution in [3.05, 3.63) is 16.0 Å². The third kappa shape index (κ3) is 4.26. The molecule has 0 radical (unpaired) electrons. The molecule has 1 rings (SSSR count). The Morgan fingerprint density at radius 2 is 1.71 bits per heavy atom. The number of hydrogen-bond acceptors (Lipinski definition) is 3. The smallest absolute Gasteiger partial charge is 0.148 e. The number of nitrogens with one attached hydrogen (secondary N) is 1. The standard InChI is InChI=1S/C13H22BrN3/c1-4-7-8-9-15-13-11(6-3)16-12(14)10(5-2)17-13/h4-9H2,1-3H3,(H,15,17). The van der Waals surface area contributed by atoms with Gasteiger partial charge in [0.05, 0.1) is 11.4 Å². The summed E-state index contributed by atoms with van der Waals surface area (Å²) < 4.78 is 0.885. The van der Waals surface area contributed by atoms with Gasteiger partial charge < -0.3 is 5.32 Å². The molecular weight excluding hydrogens is 278 g/mol. The minimum absolute atomic E-state index is 0.885. The average molecular weight is 300 g/mol. The van der Waals surface area contributed by atoms with Crippen LogP contribution in [0.2, 0.25) is 0 Å². The lowest BCUT2D eigenvalue weighted by atomic mass is 10.2. The zero-order valence-electron chi connectivity index (χ0n) is 11.0. The molecule has 0 saturated heterocycles. The van der Waals surface area contributed by atoms with Crippen LogP contribution < -0.4 is 5.32 Å². The first-order chi connectivity index (χ1) is 8.22. The van der Waals surface area contributed by atoms with Crippen LogP contribution in [0, 0.1) is 0 Å². The van der Waals surface area contributed by atoms with Gasteiger partial charge in [-0.2, -0.15) is 0 Å². The third-order valence-corrected chi connectivity index (χ3v) is 3.37. The van der Waals surface area contributed by atoms with Gasteiger partial charge in [0.15, 0.2) is 0 Å². The van der Waals surface area contributed by atoms with Gasteiger partial charge in [0.25, 0.3) is 0 Å². The van der Waals surface area contributed by atoms with E-state index in [1.54, 1.807) is 0 Å². The van der Waals surface area contributed by atoms with E-state index in [2.05, 4.69) is 52.0 Å². The van der Waals surface area contributed by atoms with Gasteiger partial charge in [0.1, 0.15) is 10.4 Å². The maximum Gasteiger partial charge on any atom is 0.148 e. The number of unbranched alkanes of at least 4 members (excludes halogenated alkanes) is 2. The second-order valence-corrected chi connectivity index (χ2v) is 4.85. The second-order valence-electron chi connectivity index (χ2n) is 4.10. The van der Waals surface area contributed by atoms with Gasteiger partial charge >= 0.3 is 0 Å². The summed E-state index contributed by atoms with van der Waals surface area (Å²) in [6, 6.07) is 0. The van der Waals surface area contributed by atoms with Crippen molar-refractivity contribution < 1.29 is 0 Å². The van der Waals surface area contributed by atoms with Crippen LogP contribution in [0.15, 0.2) is 4.60 Å². The first-order valence-corrected chi connectivity index (χ1v) is 7.31. The lowest BCUT2D eigenvalue weighted by Gasteiger charge is -2.11. The van der Waals surface area contributed by atoms with Crippen molar-refractivity contribution in [1.29, 1.82) is 0 Å². The van der Waals surface area contributed by atoms with Gasteiger partial charge in [-0.15, -0.1) is 0 Å². The second kappa shape index (κ2) is 7.64. The van der Waals surface area contributed by atoms with Crippen LogP contribution in [0.3, 0.4) is 0 Å². The summed E-state index contributed by atoms with van der Waals surface area (Å²) in [6.07, 6.45) is 5.51. The molecule has 0 fully saturated rings. The van der Waals surface area contributed by atoms with E-state index in [1.807, 2.05) is 0 Å². The van der Waals surface area contributed by atoms with Gasteiger partial charge in [-0.05, 0) is 35.2 Å². The minimum Gasteiger partial charge on any atom is -0.369 e. The lowest BCUT2D eigenvalue weighted by Crippen LogP contribution is -2.09. The van der Waals surface area contributed by atoms with Gasteiger partial charge in [-0.25, -0.2) is 9.97 Å². The highest BCUT2D eigenvalue weighted by Gasteiger charge is 2.09. The van der Waals surface area contributed by atoms with E-state index < -0.39 is 0 Å². The molecule has 1 aromatic heterocycles. The normalized spacial score (nSPS) is 10.6. The van der Waals surface area contributed by atoms with Crippen molar-refractivity contribution in [2.75, 3.05) is 11.9 Å². The first-order valence-electron chi connectivity index (χ1n) is 6.52. The molecule has 0 spiro atoms. The van der Waals surface area contributed by atoms with Crippen molar-refractivity contribution >= 4 is 21.7 Å². The summed E-state index contributed by atoms with van der Waals surface area (Å²) in [5.41, 5.74) is 2.07. The summed E-state index contributed by atoms with van der Waals surface area (Å²) in [5, 5.41) is 3.41. The monoisotopic (exact) mass is 299 g/mol. The molecule has 96 valence electrons.